The molecule has 18 heavy (non-hydrogen) atoms. The van der Waals surface area contributed by atoms with E-state index in [1.807, 2.05) is 37.3 Å². The summed E-state index contributed by atoms with van der Waals surface area (Å²) in [6.45, 7) is 5.79. The number of benzene rings is 1. The van der Waals surface area contributed by atoms with Gasteiger partial charge < -0.3 is 14.2 Å². The van der Waals surface area contributed by atoms with Crippen LogP contribution in [-0.2, 0) is 20.2 Å². The van der Waals surface area contributed by atoms with Gasteiger partial charge in [-0.05, 0) is 24.1 Å². The van der Waals surface area contributed by atoms with Gasteiger partial charge in [0, 0.05) is 26.9 Å². The molecule has 0 unspecified atom stereocenters. The van der Waals surface area contributed by atoms with Gasteiger partial charge in [-0.2, -0.15) is 0 Å². The lowest BCUT2D eigenvalue weighted by Gasteiger charge is -2.29. The Hall–Kier alpha value is -1.42. The van der Waals surface area contributed by atoms with E-state index in [1.165, 1.54) is 0 Å². The molecule has 0 aliphatic rings. The predicted octanol–water partition coefficient (Wildman–Crippen LogP) is 3.41. The molecule has 1 rings (SSSR count). The highest BCUT2D eigenvalue weighted by molar-refractivity contribution is 5.65. The van der Waals surface area contributed by atoms with Gasteiger partial charge in [0.1, 0.15) is 0 Å². The Bertz CT molecular complexity index is 423. The van der Waals surface area contributed by atoms with Gasteiger partial charge in [0.25, 0.3) is 0 Å². The lowest BCUT2D eigenvalue weighted by Crippen LogP contribution is -2.32. The molecule has 98 valence electrons. The predicted molar refractivity (Wildman–Crippen MR) is 73.9 cm³/mol. The van der Waals surface area contributed by atoms with Crippen molar-refractivity contribution in [1.29, 1.82) is 0 Å². The molecule has 0 spiro atoms. The van der Waals surface area contributed by atoms with E-state index in [4.69, 9.17) is 14.2 Å². The van der Waals surface area contributed by atoms with Crippen molar-refractivity contribution in [3.8, 4) is 0 Å². The van der Waals surface area contributed by atoms with E-state index in [2.05, 4.69) is 6.58 Å². The van der Waals surface area contributed by atoms with E-state index < -0.39 is 5.97 Å². The Kier molecular flexibility index (Phi) is 5.28. The second-order valence-electron chi connectivity index (χ2n) is 3.72. The number of hydrogen-bond acceptors (Lipinski definition) is 3. The maximum Gasteiger partial charge on any atom is 0.311 e. The maximum atomic E-state index is 5.32. The molecule has 0 heterocycles. The van der Waals surface area contributed by atoms with E-state index in [9.17, 15) is 0 Å². The first-order valence-electron chi connectivity index (χ1n) is 5.72. The SMILES string of the molecule is C=Cc1cc(C(OC)(OC)OC)ccc1/C=C\C. The number of allylic oxidation sites excluding steroid dienone is 1. The standard InChI is InChI=1S/C15H20O3/c1-6-8-13-9-10-14(11-12(13)7-2)15(16-3,17-4)18-5/h6-11H,2H2,1,3-5H3/b8-6-. The van der Waals surface area contributed by atoms with Crippen LogP contribution in [0, 0.1) is 0 Å². The van der Waals surface area contributed by atoms with Crippen LogP contribution in [0.15, 0.2) is 30.9 Å². The van der Waals surface area contributed by atoms with Crippen LogP contribution in [0.4, 0.5) is 0 Å². The minimum absolute atomic E-state index is 0.790. The van der Waals surface area contributed by atoms with Gasteiger partial charge in [-0.1, -0.05) is 36.9 Å². The highest BCUT2D eigenvalue weighted by atomic mass is 16.9. The fraction of sp³-hybridized carbons (Fsp3) is 0.333. The van der Waals surface area contributed by atoms with Crippen LogP contribution in [0.5, 0.6) is 0 Å². The van der Waals surface area contributed by atoms with Crippen molar-refractivity contribution in [3.05, 3.63) is 47.5 Å². The van der Waals surface area contributed by atoms with Gasteiger partial charge >= 0.3 is 5.97 Å². The van der Waals surface area contributed by atoms with Crippen molar-refractivity contribution in [2.45, 2.75) is 12.9 Å². The van der Waals surface area contributed by atoms with E-state index in [-0.39, 0.29) is 0 Å². The summed E-state index contributed by atoms with van der Waals surface area (Å²) in [7, 11) is 4.63. The maximum absolute atomic E-state index is 5.32. The zero-order valence-corrected chi connectivity index (χ0v) is 11.4. The molecule has 0 fully saturated rings. The average molecular weight is 248 g/mol. The second-order valence-corrected chi connectivity index (χ2v) is 3.72. The van der Waals surface area contributed by atoms with E-state index >= 15 is 0 Å². The molecule has 0 N–H and O–H groups in total. The van der Waals surface area contributed by atoms with Crippen molar-refractivity contribution in [1.82, 2.24) is 0 Å². The quantitative estimate of drug-likeness (QED) is 0.722. The first-order valence-corrected chi connectivity index (χ1v) is 5.72. The zero-order valence-electron chi connectivity index (χ0n) is 11.4. The fourth-order valence-corrected chi connectivity index (χ4v) is 1.88. The van der Waals surface area contributed by atoms with Crippen LogP contribution < -0.4 is 0 Å². The topological polar surface area (TPSA) is 27.7 Å². The molecule has 0 aliphatic heterocycles. The molecule has 3 nitrogen and oxygen atoms in total. The van der Waals surface area contributed by atoms with Crippen LogP contribution in [0.2, 0.25) is 0 Å². The molecule has 1 aromatic carbocycles. The number of rotatable bonds is 6. The van der Waals surface area contributed by atoms with Gasteiger partial charge in [0.05, 0.1) is 0 Å². The van der Waals surface area contributed by atoms with Crippen molar-refractivity contribution < 1.29 is 14.2 Å². The van der Waals surface area contributed by atoms with Crippen molar-refractivity contribution in [2.24, 2.45) is 0 Å². The van der Waals surface area contributed by atoms with E-state index in [0.717, 1.165) is 16.7 Å². The fourth-order valence-electron chi connectivity index (χ4n) is 1.88. The van der Waals surface area contributed by atoms with Crippen molar-refractivity contribution in [2.75, 3.05) is 21.3 Å². The number of ether oxygens (including phenoxy) is 3. The third-order valence-corrected chi connectivity index (χ3v) is 2.81. The smallest absolute Gasteiger partial charge is 0.311 e. The first kappa shape index (κ1) is 14.6. The Morgan fingerprint density at radius 1 is 1.06 bits per heavy atom. The highest BCUT2D eigenvalue weighted by Crippen LogP contribution is 2.29. The molecule has 0 amide bonds. The molecule has 1 aromatic rings. The van der Waals surface area contributed by atoms with E-state index in [1.54, 1.807) is 27.4 Å². The summed E-state index contributed by atoms with van der Waals surface area (Å²) in [6.07, 6.45) is 5.80. The third-order valence-electron chi connectivity index (χ3n) is 2.81. The minimum Gasteiger partial charge on any atom is -0.327 e. The normalized spacial score (nSPS) is 12.0. The summed E-state index contributed by atoms with van der Waals surface area (Å²) in [4.78, 5) is 0. The van der Waals surface area contributed by atoms with Crippen LogP contribution in [0.3, 0.4) is 0 Å². The second kappa shape index (κ2) is 6.50. The zero-order chi connectivity index (χ0) is 13.6. The van der Waals surface area contributed by atoms with Gasteiger partial charge in [-0.25, -0.2) is 0 Å². The molecule has 0 bridgehead atoms. The van der Waals surface area contributed by atoms with Gasteiger partial charge in [0.2, 0.25) is 0 Å². The Balaban J connectivity index is 3.31. The third kappa shape index (κ3) is 2.70. The van der Waals surface area contributed by atoms with Crippen LogP contribution in [-0.4, -0.2) is 21.3 Å². The van der Waals surface area contributed by atoms with E-state index in [0.29, 0.717) is 0 Å². The summed E-state index contributed by atoms with van der Waals surface area (Å²) in [5.74, 6) is -1.17. The summed E-state index contributed by atoms with van der Waals surface area (Å²) in [5, 5.41) is 0. The van der Waals surface area contributed by atoms with Gasteiger partial charge in [-0.15, -0.1) is 0 Å². The monoisotopic (exact) mass is 248 g/mol. The molecule has 0 atom stereocenters. The average Bonchev–Trinajstić information content (AvgIpc) is 2.43. The molecule has 0 saturated heterocycles. The molecule has 3 heteroatoms. The summed E-state index contributed by atoms with van der Waals surface area (Å²) >= 11 is 0. The lowest BCUT2D eigenvalue weighted by atomic mass is 10.0. The summed E-state index contributed by atoms with van der Waals surface area (Å²) in [6, 6.07) is 5.84. The molecular formula is C15H20O3. The molecule has 0 saturated carbocycles. The van der Waals surface area contributed by atoms with Crippen LogP contribution in [0.1, 0.15) is 23.6 Å². The Morgan fingerprint density at radius 3 is 2.11 bits per heavy atom. The molecule has 0 aromatic heterocycles. The van der Waals surface area contributed by atoms with Crippen molar-refractivity contribution >= 4 is 12.2 Å². The first-order chi connectivity index (χ1) is 8.67. The minimum atomic E-state index is -1.17. The number of methoxy groups -OCH3 is 3. The summed E-state index contributed by atoms with van der Waals surface area (Å²) < 4.78 is 16.0. The van der Waals surface area contributed by atoms with Crippen LogP contribution >= 0.6 is 0 Å². The van der Waals surface area contributed by atoms with Crippen molar-refractivity contribution in [3.63, 3.8) is 0 Å². The van der Waals surface area contributed by atoms with Gasteiger partial charge in [-0.3, -0.25) is 0 Å². The largest absolute Gasteiger partial charge is 0.327 e. The number of hydrogen-bond donors (Lipinski definition) is 0. The molecule has 0 radical (unpaired) electrons. The summed E-state index contributed by atoms with van der Waals surface area (Å²) in [5.41, 5.74) is 2.88. The molecule has 0 aliphatic carbocycles. The van der Waals surface area contributed by atoms with Gasteiger partial charge in [0.15, 0.2) is 0 Å². The van der Waals surface area contributed by atoms with Crippen LogP contribution in [0.25, 0.3) is 12.2 Å². The Labute approximate surface area is 109 Å². The molecular weight excluding hydrogens is 228 g/mol. The highest BCUT2D eigenvalue weighted by Gasteiger charge is 2.32. The lowest BCUT2D eigenvalue weighted by molar-refractivity contribution is -0.364. The Morgan fingerprint density at radius 2 is 1.67 bits per heavy atom.